The van der Waals surface area contributed by atoms with Gasteiger partial charge in [0.25, 0.3) is 0 Å². The number of allylic oxidation sites excluding steroid dienone is 2. The molecule has 0 aromatic heterocycles. The van der Waals surface area contributed by atoms with Crippen molar-refractivity contribution in [3.63, 3.8) is 0 Å². The fourth-order valence-corrected chi connectivity index (χ4v) is 9.38. The number of carbonyl (C=O) groups excluding carboxylic acids is 3. The molecule has 402 valence electrons. The summed E-state index contributed by atoms with van der Waals surface area (Å²) in [6, 6.07) is 0. The van der Waals surface area contributed by atoms with Crippen LogP contribution in [0.3, 0.4) is 0 Å². The molecule has 0 bridgehead atoms. The van der Waals surface area contributed by atoms with Gasteiger partial charge in [0.2, 0.25) is 0 Å². The summed E-state index contributed by atoms with van der Waals surface area (Å²) < 4.78 is 16.9. The molecule has 68 heavy (non-hydrogen) atoms. The topological polar surface area (TPSA) is 78.9 Å². The molecule has 1 unspecified atom stereocenters. The Labute approximate surface area is 424 Å². The first-order chi connectivity index (χ1) is 33.5. The molecule has 0 aromatic rings. The zero-order valence-corrected chi connectivity index (χ0v) is 46.2. The van der Waals surface area contributed by atoms with Gasteiger partial charge in [0.05, 0.1) is 0 Å². The third kappa shape index (κ3) is 55.1. The second-order valence-electron chi connectivity index (χ2n) is 21.0. The van der Waals surface area contributed by atoms with Gasteiger partial charge in [0, 0.05) is 19.3 Å². The maximum atomic E-state index is 12.9. The monoisotopic (exact) mass is 959 g/mol. The predicted octanol–water partition coefficient (Wildman–Crippen LogP) is 20.5. The van der Waals surface area contributed by atoms with Gasteiger partial charge < -0.3 is 14.2 Å². The average molecular weight is 960 g/mol. The minimum atomic E-state index is -0.766. The van der Waals surface area contributed by atoms with Gasteiger partial charge in [0.15, 0.2) is 6.10 Å². The smallest absolute Gasteiger partial charge is 0.306 e. The van der Waals surface area contributed by atoms with E-state index in [2.05, 4.69) is 32.9 Å². The molecule has 0 heterocycles. The van der Waals surface area contributed by atoms with E-state index in [1.807, 2.05) is 0 Å². The normalized spacial score (nSPS) is 12.0. The highest BCUT2D eigenvalue weighted by atomic mass is 16.6. The van der Waals surface area contributed by atoms with Crippen LogP contribution in [0.15, 0.2) is 12.2 Å². The van der Waals surface area contributed by atoms with Crippen molar-refractivity contribution in [3.8, 4) is 0 Å². The number of ether oxygens (including phenoxy) is 3. The number of carbonyl (C=O) groups is 3. The Bertz CT molecular complexity index is 1060. The van der Waals surface area contributed by atoms with E-state index in [9.17, 15) is 14.4 Å². The lowest BCUT2D eigenvalue weighted by atomic mass is 10.0. The van der Waals surface area contributed by atoms with E-state index in [-0.39, 0.29) is 31.1 Å². The number of rotatable bonds is 57. The first kappa shape index (κ1) is 66.2. The van der Waals surface area contributed by atoms with Gasteiger partial charge >= 0.3 is 17.9 Å². The van der Waals surface area contributed by atoms with Gasteiger partial charge in [-0.3, -0.25) is 14.4 Å². The Kier molecular flexibility index (Phi) is 56.2. The van der Waals surface area contributed by atoms with E-state index in [0.717, 1.165) is 57.8 Å². The third-order valence-corrected chi connectivity index (χ3v) is 14.0. The van der Waals surface area contributed by atoms with Gasteiger partial charge in [-0.25, -0.2) is 0 Å². The largest absolute Gasteiger partial charge is 0.462 e. The minimum Gasteiger partial charge on any atom is -0.462 e. The fraction of sp³-hybridized carbons (Fsp3) is 0.919. The second-order valence-corrected chi connectivity index (χ2v) is 21.0. The molecule has 0 aliphatic carbocycles. The van der Waals surface area contributed by atoms with Crippen LogP contribution in [0.5, 0.6) is 0 Å². The van der Waals surface area contributed by atoms with Crippen LogP contribution in [0.4, 0.5) is 0 Å². The maximum Gasteiger partial charge on any atom is 0.306 e. The first-order valence-corrected chi connectivity index (χ1v) is 30.7. The molecule has 6 nitrogen and oxygen atoms in total. The summed E-state index contributed by atoms with van der Waals surface area (Å²) in [5, 5.41) is 0. The molecule has 0 spiro atoms. The molecule has 0 aromatic carbocycles. The van der Waals surface area contributed by atoms with Crippen molar-refractivity contribution in [2.45, 2.75) is 354 Å². The Balaban J connectivity index is 4.31. The number of esters is 3. The second kappa shape index (κ2) is 57.7. The van der Waals surface area contributed by atoms with Crippen molar-refractivity contribution in [1.82, 2.24) is 0 Å². The van der Waals surface area contributed by atoms with Crippen molar-refractivity contribution in [2.24, 2.45) is 0 Å². The van der Waals surface area contributed by atoms with Gasteiger partial charge in [-0.05, 0) is 44.9 Å². The molecule has 0 saturated heterocycles. The Hall–Kier alpha value is -1.85. The van der Waals surface area contributed by atoms with Crippen LogP contribution in [0.1, 0.15) is 348 Å². The van der Waals surface area contributed by atoms with E-state index >= 15 is 0 Å². The third-order valence-electron chi connectivity index (χ3n) is 14.0. The van der Waals surface area contributed by atoms with Crippen LogP contribution < -0.4 is 0 Å². The lowest BCUT2D eigenvalue weighted by molar-refractivity contribution is -0.167. The van der Waals surface area contributed by atoms with Crippen LogP contribution in [-0.2, 0) is 28.6 Å². The molecule has 0 rings (SSSR count). The first-order valence-electron chi connectivity index (χ1n) is 30.7. The predicted molar refractivity (Wildman–Crippen MR) is 293 cm³/mol. The average Bonchev–Trinajstić information content (AvgIpc) is 3.34. The molecule has 0 N–H and O–H groups in total. The summed E-state index contributed by atoms with van der Waals surface area (Å²) in [6.07, 6.45) is 66.3. The summed E-state index contributed by atoms with van der Waals surface area (Å²) in [7, 11) is 0. The summed E-state index contributed by atoms with van der Waals surface area (Å²) in [4.78, 5) is 38.2. The molecule has 0 amide bonds. The molecular weight excluding hydrogens is 841 g/mol. The molecular formula is C62H118O6. The standard InChI is InChI=1S/C62H118O6/c1-4-7-10-13-16-19-22-25-28-31-32-35-37-40-43-46-49-52-55-61(64)67-58-59(68-62(65)56-53-50-47-44-41-38-34-30-27-24-21-18-15-12-9-6-3)57-66-60(63)54-51-48-45-42-39-36-33-29-26-23-20-17-14-11-8-5-2/h28,31,59H,4-27,29-30,32-58H2,1-3H3/b31-28-. The summed E-state index contributed by atoms with van der Waals surface area (Å²) in [5.74, 6) is -0.841. The molecule has 0 radical (unpaired) electrons. The highest BCUT2D eigenvalue weighted by Gasteiger charge is 2.19. The number of hydrogen-bond acceptors (Lipinski definition) is 6. The highest BCUT2D eigenvalue weighted by molar-refractivity contribution is 5.71. The molecule has 0 aliphatic heterocycles. The van der Waals surface area contributed by atoms with Crippen LogP contribution >= 0.6 is 0 Å². The van der Waals surface area contributed by atoms with Crippen LogP contribution in [0, 0.1) is 0 Å². The molecule has 6 heteroatoms. The van der Waals surface area contributed by atoms with Gasteiger partial charge in [0.1, 0.15) is 13.2 Å². The van der Waals surface area contributed by atoms with Crippen molar-refractivity contribution >= 4 is 17.9 Å². The summed E-state index contributed by atoms with van der Waals surface area (Å²) in [5.41, 5.74) is 0. The van der Waals surface area contributed by atoms with Crippen molar-refractivity contribution in [3.05, 3.63) is 12.2 Å². The Morgan fingerprint density at radius 2 is 0.485 bits per heavy atom. The van der Waals surface area contributed by atoms with Crippen molar-refractivity contribution < 1.29 is 28.6 Å². The summed E-state index contributed by atoms with van der Waals surface area (Å²) >= 11 is 0. The molecule has 0 aliphatic rings. The number of unbranched alkanes of at least 4 members (excludes halogenated alkanes) is 44. The SMILES string of the molecule is CCCCCCCCC/C=C\CCCCCCCCCC(=O)OCC(COC(=O)CCCCCCCCCCCCCCCCCC)OC(=O)CCCCCCCCCCCCCCCCCC. The highest BCUT2D eigenvalue weighted by Crippen LogP contribution is 2.18. The zero-order chi connectivity index (χ0) is 49.3. The lowest BCUT2D eigenvalue weighted by Gasteiger charge is -2.18. The molecule has 0 fully saturated rings. The number of hydrogen-bond donors (Lipinski definition) is 0. The quantitative estimate of drug-likeness (QED) is 0.0262. The lowest BCUT2D eigenvalue weighted by Crippen LogP contribution is -2.30. The van der Waals surface area contributed by atoms with Crippen LogP contribution in [0.25, 0.3) is 0 Å². The van der Waals surface area contributed by atoms with Crippen LogP contribution in [-0.4, -0.2) is 37.2 Å². The molecule has 0 saturated carbocycles. The zero-order valence-electron chi connectivity index (χ0n) is 46.2. The summed E-state index contributed by atoms with van der Waals surface area (Å²) in [6.45, 7) is 6.71. The minimum absolute atomic E-state index is 0.0648. The Morgan fingerprint density at radius 3 is 0.735 bits per heavy atom. The van der Waals surface area contributed by atoms with Gasteiger partial charge in [-0.15, -0.1) is 0 Å². The fourth-order valence-electron chi connectivity index (χ4n) is 9.38. The molecule has 1 atom stereocenters. The Morgan fingerprint density at radius 1 is 0.279 bits per heavy atom. The van der Waals surface area contributed by atoms with Gasteiger partial charge in [-0.2, -0.15) is 0 Å². The van der Waals surface area contributed by atoms with E-state index in [1.165, 1.54) is 250 Å². The van der Waals surface area contributed by atoms with E-state index in [0.29, 0.717) is 19.3 Å². The van der Waals surface area contributed by atoms with Crippen molar-refractivity contribution in [1.29, 1.82) is 0 Å². The van der Waals surface area contributed by atoms with E-state index in [4.69, 9.17) is 14.2 Å². The van der Waals surface area contributed by atoms with Crippen LogP contribution in [0.2, 0.25) is 0 Å². The van der Waals surface area contributed by atoms with Gasteiger partial charge in [-0.1, -0.05) is 296 Å². The van der Waals surface area contributed by atoms with Crippen molar-refractivity contribution in [2.75, 3.05) is 13.2 Å². The van der Waals surface area contributed by atoms with E-state index in [1.54, 1.807) is 0 Å². The van der Waals surface area contributed by atoms with E-state index < -0.39 is 6.10 Å². The maximum absolute atomic E-state index is 12.9.